The Hall–Kier alpha value is -1.64. The van der Waals surface area contributed by atoms with E-state index in [0.717, 1.165) is 6.07 Å². The van der Waals surface area contributed by atoms with Gasteiger partial charge < -0.3 is 10.7 Å². The zero-order valence-corrected chi connectivity index (χ0v) is 11.5. The monoisotopic (exact) mass is 321 g/mol. The van der Waals surface area contributed by atoms with Gasteiger partial charge in [0.2, 0.25) is 0 Å². The molecular formula is C11H10ClF2N3O2S. The van der Waals surface area contributed by atoms with Gasteiger partial charge in [-0.1, -0.05) is 11.6 Å². The molecule has 1 aromatic carbocycles. The van der Waals surface area contributed by atoms with Crippen molar-refractivity contribution in [1.82, 2.24) is 4.98 Å². The third-order valence-corrected chi connectivity index (χ3v) is 4.12. The lowest BCUT2D eigenvalue weighted by atomic mass is 10.3. The van der Waals surface area contributed by atoms with Crippen molar-refractivity contribution in [2.45, 2.75) is 11.4 Å². The molecule has 0 spiro atoms. The van der Waals surface area contributed by atoms with Crippen LogP contribution in [0.1, 0.15) is 5.69 Å². The number of benzene rings is 1. The molecule has 0 fully saturated rings. The van der Waals surface area contributed by atoms with Gasteiger partial charge in [0.25, 0.3) is 10.0 Å². The number of nitrogens with one attached hydrogen (secondary N) is 2. The summed E-state index contributed by atoms with van der Waals surface area (Å²) in [7, 11) is -4.04. The van der Waals surface area contributed by atoms with Crippen molar-refractivity contribution < 1.29 is 17.2 Å². The molecule has 0 unspecified atom stereocenters. The Labute approximate surface area is 118 Å². The van der Waals surface area contributed by atoms with Crippen LogP contribution in [-0.4, -0.2) is 13.4 Å². The second-order valence-electron chi connectivity index (χ2n) is 3.91. The number of nitrogens with two attached hydrogens (primary N) is 1. The molecular weight excluding hydrogens is 312 g/mol. The number of hydrogen-bond acceptors (Lipinski definition) is 3. The molecule has 0 radical (unpaired) electrons. The summed E-state index contributed by atoms with van der Waals surface area (Å²) in [5.41, 5.74) is 5.34. The van der Waals surface area contributed by atoms with Gasteiger partial charge in [0, 0.05) is 24.5 Å². The van der Waals surface area contributed by atoms with Crippen LogP contribution in [0.25, 0.3) is 0 Å². The van der Waals surface area contributed by atoms with Crippen molar-refractivity contribution in [3.63, 3.8) is 0 Å². The zero-order valence-electron chi connectivity index (χ0n) is 9.95. The zero-order chi connectivity index (χ0) is 14.9. The molecule has 1 heterocycles. The highest BCUT2D eigenvalue weighted by Gasteiger charge is 2.20. The van der Waals surface area contributed by atoms with Crippen LogP contribution < -0.4 is 10.5 Å². The van der Waals surface area contributed by atoms with E-state index in [-0.39, 0.29) is 16.5 Å². The third kappa shape index (κ3) is 2.92. The van der Waals surface area contributed by atoms with E-state index in [0.29, 0.717) is 11.8 Å². The van der Waals surface area contributed by atoms with Gasteiger partial charge >= 0.3 is 0 Å². The molecule has 0 saturated heterocycles. The van der Waals surface area contributed by atoms with Crippen molar-refractivity contribution in [1.29, 1.82) is 0 Å². The lowest BCUT2D eigenvalue weighted by molar-refractivity contribution is 0.583. The van der Waals surface area contributed by atoms with Crippen LogP contribution >= 0.6 is 11.6 Å². The SMILES string of the molecule is NCc1cc(S(=O)(=O)Nc2c(F)cc(F)cc2Cl)c[nH]1. The second-order valence-corrected chi connectivity index (χ2v) is 6.00. The highest BCUT2D eigenvalue weighted by molar-refractivity contribution is 7.92. The first-order chi connectivity index (χ1) is 9.33. The van der Waals surface area contributed by atoms with Crippen LogP contribution in [0, 0.1) is 11.6 Å². The molecule has 2 aromatic rings. The number of aromatic amines is 1. The largest absolute Gasteiger partial charge is 0.363 e. The maximum absolute atomic E-state index is 13.5. The molecule has 0 aliphatic rings. The summed E-state index contributed by atoms with van der Waals surface area (Å²) in [4.78, 5) is 2.53. The van der Waals surface area contributed by atoms with Gasteiger partial charge in [-0.25, -0.2) is 17.2 Å². The Morgan fingerprint density at radius 2 is 2.00 bits per heavy atom. The van der Waals surface area contributed by atoms with E-state index < -0.39 is 27.3 Å². The quantitative estimate of drug-likeness (QED) is 0.806. The number of sulfonamides is 1. The fraction of sp³-hybridized carbons (Fsp3) is 0.0909. The smallest absolute Gasteiger partial charge is 0.263 e. The second kappa shape index (κ2) is 5.39. The molecule has 0 amide bonds. The lowest BCUT2D eigenvalue weighted by Gasteiger charge is -2.09. The number of anilines is 1. The summed E-state index contributed by atoms with van der Waals surface area (Å²) in [6, 6.07) is 2.65. The van der Waals surface area contributed by atoms with Crippen molar-refractivity contribution in [3.05, 3.63) is 46.7 Å². The fourth-order valence-electron chi connectivity index (χ4n) is 1.52. The molecule has 0 aliphatic heterocycles. The van der Waals surface area contributed by atoms with E-state index in [4.69, 9.17) is 17.3 Å². The molecule has 0 atom stereocenters. The van der Waals surface area contributed by atoms with Gasteiger partial charge in [-0.3, -0.25) is 4.72 Å². The highest BCUT2D eigenvalue weighted by atomic mass is 35.5. The highest BCUT2D eigenvalue weighted by Crippen LogP contribution is 2.28. The summed E-state index contributed by atoms with van der Waals surface area (Å²) in [5.74, 6) is -2.00. The summed E-state index contributed by atoms with van der Waals surface area (Å²) in [5, 5.41) is -0.374. The molecule has 4 N–H and O–H groups in total. The molecule has 0 aliphatic carbocycles. The standard InChI is InChI=1S/C11H10ClF2N3O2S/c12-9-1-6(13)2-10(14)11(9)17-20(18,19)8-3-7(4-15)16-5-8/h1-3,5,16-17H,4,15H2. The van der Waals surface area contributed by atoms with Crippen molar-refractivity contribution in [2.75, 3.05) is 4.72 Å². The molecule has 108 valence electrons. The Kier molecular flexibility index (Phi) is 3.98. The van der Waals surface area contributed by atoms with Gasteiger partial charge in [-0.15, -0.1) is 0 Å². The number of hydrogen-bond donors (Lipinski definition) is 3. The number of halogens is 3. The normalized spacial score (nSPS) is 11.6. The molecule has 0 saturated carbocycles. The predicted octanol–water partition coefficient (Wildman–Crippen LogP) is 2.21. The van der Waals surface area contributed by atoms with E-state index in [9.17, 15) is 17.2 Å². The van der Waals surface area contributed by atoms with Gasteiger partial charge in [0.1, 0.15) is 16.4 Å². The topological polar surface area (TPSA) is 88.0 Å². The summed E-state index contributed by atoms with van der Waals surface area (Å²) >= 11 is 5.63. The first-order valence-corrected chi connectivity index (χ1v) is 7.24. The van der Waals surface area contributed by atoms with Crippen LogP contribution in [0.2, 0.25) is 5.02 Å². The Balaban J connectivity index is 2.38. The van der Waals surface area contributed by atoms with Gasteiger partial charge in [-0.05, 0) is 12.1 Å². The predicted molar refractivity (Wildman–Crippen MR) is 70.9 cm³/mol. The van der Waals surface area contributed by atoms with Gasteiger partial charge in [0.15, 0.2) is 5.82 Å². The van der Waals surface area contributed by atoms with Crippen LogP contribution in [0.5, 0.6) is 0 Å². The first kappa shape index (κ1) is 14.8. The maximum atomic E-state index is 13.5. The molecule has 2 rings (SSSR count). The van der Waals surface area contributed by atoms with Crippen molar-refractivity contribution in [2.24, 2.45) is 5.73 Å². The summed E-state index contributed by atoms with van der Waals surface area (Å²) < 4.78 is 52.5. The van der Waals surface area contributed by atoms with E-state index >= 15 is 0 Å². The number of aromatic nitrogens is 1. The van der Waals surface area contributed by atoms with Crippen molar-refractivity contribution >= 4 is 27.3 Å². The van der Waals surface area contributed by atoms with E-state index in [1.807, 2.05) is 4.72 Å². The lowest BCUT2D eigenvalue weighted by Crippen LogP contribution is -2.14. The molecule has 20 heavy (non-hydrogen) atoms. The van der Waals surface area contributed by atoms with Gasteiger partial charge in [-0.2, -0.15) is 0 Å². The molecule has 0 bridgehead atoms. The van der Waals surface area contributed by atoms with E-state index in [2.05, 4.69) is 4.98 Å². The third-order valence-electron chi connectivity index (χ3n) is 2.49. The van der Waals surface area contributed by atoms with Crippen LogP contribution in [0.15, 0.2) is 29.3 Å². The van der Waals surface area contributed by atoms with Gasteiger partial charge in [0.05, 0.1) is 5.02 Å². The minimum Gasteiger partial charge on any atom is -0.363 e. The molecule has 1 aromatic heterocycles. The average Bonchev–Trinajstić information content (AvgIpc) is 2.83. The maximum Gasteiger partial charge on any atom is 0.263 e. The van der Waals surface area contributed by atoms with Crippen LogP contribution in [0.3, 0.4) is 0 Å². The summed E-state index contributed by atoms with van der Waals surface area (Å²) in [6.45, 7) is 0.126. The Bertz CT molecular complexity index is 723. The minimum absolute atomic E-state index is 0.126. The molecule has 9 heteroatoms. The van der Waals surface area contributed by atoms with Crippen LogP contribution in [0.4, 0.5) is 14.5 Å². The Morgan fingerprint density at radius 1 is 1.30 bits per heavy atom. The first-order valence-electron chi connectivity index (χ1n) is 5.38. The number of rotatable bonds is 4. The van der Waals surface area contributed by atoms with E-state index in [1.165, 1.54) is 12.3 Å². The minimum atomic E-state index is -4.04. The Morgan fingerprint density at radius 3 is 2.55 bits per heavy atom. The number of H-pyrrole nitrogens is 1. The fourth-order valence-corrected chi connectivity index (χ4v) is 2.93. The van der Waals surface area contributed by atoms with Crippen molar-refractivity contribution in [3.8, 4) is 0 Å². The summed E-state index contributed by atoms with van der Waals surface area (Å²) in [6.07, 6.45) is 1.21. The van der Waals surface area contributed by atoms with E-state index in [1.54, 1.807) is 0 Å². The average molecular weight is 322 g/mol. The van der Waals surface area contributed by atoms with Crippen LogP contribution in [-0.2, 0) is 16.6 Å². The molecule has 5 nitrogen and oxygen atoms in total.